The molecule has 1 amide bonds. The van der Waals surface area contributed by atoms with E-state index >= 15 is 0 Å². The number of nitrogen functional groups attached to an aromatic ring is 1. The molecule has 100 valence electrons. The van der Waals surface area contributed by atoms with Gasteiger partial charge in [-0.3, -0.25) is 4.79 Å². The highest BCUT2D eigenvalue weighted by Crippen LogP contribution is 2.13. The monoisotopic (exact) mass is 251 g/mol. The quantitative estimate of drug-likeness (QED) is 0.731. The Morgan fingerprint density at radius 3 is 2.83 bits per heavy atom. The molecule has 0 heterocycles. The largest absolute Gasteiger partial charge is 0.484 e. The number of likely N-dealkylation sites (N-methyl/N-ethyl adjacent to an activating group) is 1. The Morgan fingerprint density at radius 1 is 1.50 bits per heavy atom. The first-order chi connectivity index (χ1) is 8.47. The molecule has 5 nitrogen and oxygen atoms in total. The Balaban J connectivity index is 2.33. The first kappa shape index (κ1) is 14.3. The van der Waals surface area contributed by atoms with Crippen LogP contribution in [0.3, 0.4) is 0 Å². The van der Waals surface area contributed by atoms with E-state index in [9.17, 15) is 4.79 Å². The summed E-state index contributed by atoms with van der Waals surface area (Å²) in [4.78, 5) is 13.6. The molecule has 0 spiro atoms. The van der Waals surface area contributed by atoms with Gasteiger partial charge in [0.25, 0.3) is 5.91 Å². The maximum absolute atomic E-state index is 11.6. The number of nitrogens with one attached hydrogen (secondary N) is 1. The summed E-state index contributed by atoms with van der Waals surface area (Å²) in [6.45, 7) is 2.75. The number of hydrogen-bond acceptors (Lipinski definition) is 4. The van der Waals surface area contributed by atoms with Gasteiger partial charge >= 0.3 is 0 Å². The summed E-state index contributed by atoms with van der Waals surface area (Å²) in [5.74, 6) is 0.470. The van der Waals surface area contributed by atoms with Gasteiger partial charge in [-0.05, 0) is 33.2 Å². The summed E-state index contributed by atoms with van der Waals surface area (Å²) in [5.41, 5.74) is 6.23. The second-order valence-electron chi connectivity index (χ2n) is 4.59. The van der Waals surface area contributed by atoms with Crippen molar-refractivity contribution in [3.8, 4) is 5.75 Å². The van der Waals surface area contributed by atoms with Crippen LogP contribution in [-0.4, -0.2) is 44.1 Å². The van der Waals surface area contributed by atoms with E-state index in [2.05, 4.69) is 5.32 Å². The van der Waals surface area contributed by atoms with Crippen molar-refractivity contribution in [2.75, 3.05) is 33.0 Å². The molecule has 0 aromatic heterocycles. The molecule has 0 bridgehead atoms. The molecule has 0 aliphatic heterocycles. The van der Waals surface area contributed by atoms with E-state index in [0.29, 0.717) is 11.4 Å². The highest BCUT2D eigenvalue weighted by molar-refractivity contribution is 5.77. The van der Waals surface area contributed by atoms with Crippen LogP contribution >= 0.6 is 0 Å². The van der Waals surface area contributed by atoms with Crippen molar-refractivity contribution in [2.45, 2.75) is 13.0 Å². The van der Waals surface area contributed by atoms with Crippen molar-refractivity contribution in [3.05, 3.63) is 24.3 Å². The molecule has 18 heavy (non-hydrogen) atoms. The lowest BCUT2D eigenvalue weighted by Crippen LogP contribution is -2.41. The zero-order chi connectivity index (χ0) is 13.5. The summed E-state index contributed by atoms with van der Waals surface area (Å²) in [7, 11) is 3.93. The van der Waals surface area contributed by atoms with E-state index in [0.717, 1.165) is 6.54 Å². The van der Waals surface area contributed by atoms with Crippen LogP contribution in [-0.2, 0) is 4.79 Å². The maximum Gasteiger partial charge on any atom is 0.258 e. The summed E-state index contributed by atoms with van der Waals surface area (Å²) in [5, 5.41) is 2.86. The van der Waals surface area contributed by atoms with Crippen molar-refractivity contribution in [2.24, 2.45) is 0 Å². The van der Waals surface area contributed by atoms with Gasteiger partial charge in [-0.25, -0.2) is 0 Å². The normalized spacial score (nSPS) is 12.2. The molecular weight excluding hydrogens is 230 g/mol. The van der Waals surface area contributed by atoms with Gasteiger partial charge < -0.3 is 20.7 Å². The van der Waals surface area contributed by atoms with Crippen LogP contribution in [0.25, 0.3) is 0 Å². The van der Waals surface area contributed by atoms with Crippen LogP contribution < -0.4 is 15.8 Å². The highest BCUT2D eigenvalue weighted by Gasteiger charge is 2.08. The van der Waals surface area contributed by atoms with E-state index in [-0.39, 0.29) is 18.6 Å². The number of nitrogens with two attached hydrogens (primary N) is 1. The molecule has 1 unspecified atom stereocenters. The third kappa shape index (κ3) is 5.54. The fourth-order valence-electron chi connectivity index (χ4n) is 1.66. The number of nitrogens with zero attached hydrogens (tertiary/aromatic N) is 1. The van der Waals surface area contributed by atoms with Gasteiger partial charge in [-0.1, -0.05) is 6.07 Å². The van der Waals surface area contributed by atoms with E-state index < -0.39 is 0 Å². The molecule has 1 aromatic rings. The van der Waals surface area contributed by atoms with Crippen molar-refractivity contribution in [1.82, 2.24) is 10.2 Å². The van der Waals surface area contributed by atoms with Gasteiger partial charge in [0.1, 0.15) is 5.75 Å². The average Bonchev–Trinajstić information content (AvgIpc) is 2.25. The molecular formula is C13H21N3O2. The molecule has 3 N–H and O–H groups in total. The molecule has 1 rings (SSSR count). The fourth-order valence-corrected chi connectivity index (χ4v) is 1.66. The third-order valence-electron chi connectivity index (χ3n) is 2.27. The lowest BCUT2D eigenvalue weighted by Gasteiger charge is -2.18. The number of ether oxygens (including phenoxy) is 1. The minimum absolute atomic E-state index is 0.00121. The van der Waals surface area contributed by atoms with Crippen LogP contribution in [0.4, 0.5) is 5.69 Å². The first-order valence-corrected chi connectivity index (χ1v) is 5.90. The number of benzene rings is 1. The number of rotatable bonds is 6. The Labute approximate surface area is 108 Å². The smallest absolute Gasteiger partial charge is 0.258 e. The van der Waals surface area contributed by atoms with Crippen molar-refractivity contribution < 1.29 is 9.53 Å². The van der Waals surface area contributed by atoms with Gasteiger partial charge in [-0.15, -0.1) is 0 Å². The first-order valence-electron chi connectivity index (χ1n) is 5.90. The number of anilines is 1. The SMILES string of the molecule is CC(CN(C)C)NC(=O)COc1cccc(N)c1. The topological polar surface area (TPSA) is 67.6 Å². The molecule has 0 fully saturated rings. The third-order valence-corrected chi connectivity index (χ3v) is 2.27. The predicted molar refractivity (Wildman–Crippen MR) is 72.5 cm³/mol. The van der Waals surface area contributed by atoms with E-state index in [1.165, 1.54) is 0 Å². The van der Waals surface area contributed by atoms with Crippen LogP contribution in [0.5, 0.6) is 5.75 Å². The minimum atomic E-state index is -0.133. The number of carbonyl (C=O) groups excluding carboxylic acids is 1. The lowest BCUT2D eigenvalue weighted by atomic mass is 10.3. The zero-order valence-electron chi connectivity index (χ0n) is 11.1. The Hall–Kier alpha value is -1.75. The van der Waals surface area contributed by atoms with Crippen LogP contribution in [0, 0.1) is 0 Å². The van der Waals surface area contributed by atoms with Crippen LogP contribution in [0.1, 0.15) is 6.92 Å². The molecule has 0 aliphatic carbocycles. The van der Waals surface area contributed by atoms with E-state index in [1.807, 2.05) is 25.9 Å². The molecule has 0 aliphatic rings. The van der Waals surface area contributed by atoms with Gasteiger partial charge in [0, 0.05) is 24.3 Å². The van der Waals surface area contributed by atoms with E-state index in [4.69, 9.17) is 10.5 Å². The van der Waals surface area contributed by atoms with Gasteiger partial charge in [0.15, 0.2) is 6.61 Å². The van der Waals surface area contributed by atoms with Crippen molar-refractivity contribution in [1.29, 1.82) is 0 Å². The predicted octanol–water partition coefficient (Wildman–Crippen LogP) is 0.714. The summed E-state index contributed by atoms with van der Waals surface area (Å²) in [6.07, 6.45) is 0. The highest BCUT2D eigenvalue weighted by atomic mass is 16.5. The molecule has 5 heteroatoms. The van der Waals surface area contributed by atoms with Crippen molar-refractivity contribution >= 4 is 11.6 Å². The van der Waals surface area contributed by atoms with E-state index in [1.54, 1.807) is 24.3 Å². The molecule has 0 saturated heterocycles. The fraction of sp³-hybridized carbons (Fsp3) is 0.462. The van der Waals surface area contributed by atoms with Crippen molar-refractivity contribution in [3.63, 3.8) is 0 Å². The number of carbonyl (C=O) groups is 1. The standard InChI is InChI=1S/C13H21N3O2/c1-10(8-16(2)3)15-13(17)9-18-12-6-4-5-11(14)7-12/h4-7,10H,8-9,14H2,1-3H3,(H,15,17). The number of hydrogen-bond donors (Lipinski definition) is 2. The molecule has 1 aromatic carbocycles. The van der Waals surface area contributed by atoms with Gasteiger partial charge in [-0.2, -0.15) is 0 Å². The maximum atomic E-state index is 11.6. The Bertz CT molecular complexity index is 394. The molecule has 1 atom stereocenters. The molecule has 0 radical (unpaired) electrons. The second-order valence-corrected chi connectivity index (χ2v) is 4.59. The van der Waals surface area contributed by atoms with Gasteiger partial charge in [0.2, 0.25) is 0 Å². The summed E-state index contributed by atoms with van der Waals surface area (Å²) in [6, 6.07) is 7.11. The lowest BCUT2D eigenvalue weighted by molar-refractivity contribution is -0.123. The minimum Gasteiger partial charge on any atom is -0.484 e. The van der Waals surface area contributed by atoms with Crippen LogP contribution in [0.2, 0.25) is 0 Å². The van der Waals surface area contributed by atoms with Crippen LogP contribution in [0.15, 0.2) is 24.3 Å². The second kappa shape index (κ2) is 6.86. The zero-order valence-corrected chi connectivity index (χ0v) is 11.1. The molecule has 0 saturated carbocycles. The average molecular weight is 251 g/mol. The summed E-state index contributed by atoms with van der Waals surface area (Å²) < 4.78 is 5.35. The Kier molecular flexibility index (Phi) is 5.45. The Morgan fingerprint density at radius 2 is 2.22 bits per heavy atom. The number of amides is 1. The summed E-state index contributed by atoms with van der Waals surface area (Å²) >= 11 is 0. The van der Waals surface area contributed by atoms with Gasteiger partial charge in [0.05, 0.1) is 0 Å².